The normalized spacial score (nSPS) is 27.2. The Hall–Kier alpha value is 0.360. The highest BCUT2D eigenvalue weighted by Gasteiger charge is 2.23. The van der Waals surface area contributed by atoms with Crippen LogP contribution in [0, 0.1) is 5.92 Å². The Kier molecular flexibility index (Phi) is 2.91. The first-order valence-corrected chi connectivity index (χ1v) is 4.53. The number of hydrogen-bond acceptors (Lipinski definition) is 2. The standard InChI is InChI=1S/C6H9IO2/c7-2-1-5-3-9-4-6(5)8/h5H,1-4H2. The Balaban J connectivity index is 2.31. The van der Waals surface area contributed by atoms with E-state index < -0.39 is 0 Å². The Labute approximate surface area is 68.1 Å². The molecule has 0 amide bonds. The zero-order valence-corrected chi connectivity index (χ0v) is 7.26. The molecule has 3 heteroatoms. The first kappa shape index (κ1) is 7.47. The van der Waals surface area contributed by atoms with Gasteiger partial charge in [-0.3, -0.25) is 4.79 Å². The number of carbonyl (C=O) groups is 1. The highest BCUT2D eigenvalue weighted by atomic mass is 127. The zero-order valence-electron chi connectivity index (χ0n) is 5.10. The van der Waals surface area contributed by atoms with E-state index >= 15 is 0 Å². The van der Waals surface area contributed by atoms with Gasteiger partial charge in [0, 0.05) is 10.3 Å². The summed E-state index contributed by atoms with van der Waals surface area (Å²) in [5, 5.41) is 0. The van der Waals surface area contributed by atoms with Crippen LogP contribution in [0.4, 0.5) is 0 Å². The van der Waals surface area contributed by atoms with E-state index in [-0.39, 0.29) is 11.7 Å². The molecule has 0 aromatic carbocycles. The molecule has 52 valence electrons. The molecule has 1 fully saturated rings. The van der Waals surface area contributed by atoms with Gasteiger partial charge >= 0.3 is 0 Å². The van der Waals surface area contributed by atoms with Gasteiger partial charge in [-0.05, 0) is 6.42 Å². The second kappa shape index (κ2) is 3.51. The van der Waals surface area contributed by atoms with Crippen molar-refractivity contribution in [2.75, 3.05) is 17.6 Å². The molecule has 1 saturated heterocycles. The summed E-state index contributed by atoms with van der Waals surface area (Å²) in [4.78, 5) is 10.8. The number of ether oxygens (including phenoxy) is 1. The van der Waals surface area contributed by atoms with Gasteiger partial charge in [-0.15, -0.1) is 0 Å². The molecule has 9 heavy (non-hydrogen) atoms. The first-order valence-electron chi connectivity index (χ1n) is 3.01. The molecule has 0 radical (unpaired) electrons. The highest BCUT2D eigenvalue weighted by Crippen LogP contribution is 2.13. The van der Waals surface area contributed by atoms with E-state index in [9.17, 15) is 4.79 Å². The Morgan fingerprint density at radius 3 is 3.00 bits per heavy atom. The van der Waals surface area contributed by atoms with Crippen LogP contribution in [0.1, 0.15) is 6.42 Å². The van der Waals surface area contributed by atoms with E-state index in [1.54, 1.807) is 0 Å². The largest absolute Gasteiger partial charge is 0.373 e. The fourth-order valence-electron chi connectivity index (χ4n) is 0.889. The predicted octanol–water partition coefficient (Wildman–Crippen LogP) is 1.03. The number of alkyl halides is 1. The minimum atomic E-state index is 0.210. The predicted molar refractivity (Wildman–Crippen MR) is 42.8 cm³/mol. The SMILES string of the molecule is O=C1COCC1CCI. The van der Waals surface area contributed by atoms with Gasteiger partial charge in [-0.25, -0.2) is 0 Å². The lowest BCUT2D eigenvalue weighted by Crippen LogP contribution is -2.10. The van der Waals surface area contributed by atoms with Crippen molar-refractivity contribution in [3.8, 4) is 0 Å². The number of Topliss-reactive ketones (excluding diaryl/α,β-unsaturated/α-hetero) is 1. The fourth-order valence-corrected chi connectivity index (χ4v) is 1.64. The topological polar surface area (TPSA) is 26.3 Å². The van der Waals surface area contributed by atoms with Gasteiger partial charge in [0.2, 0.25) is 0 Å². The third-order valence-corrected chi connectivity index (χ3v) is 2.10. The van der Waals surface area contributed by atoms with Gasteiger partial charge in [-0.2, -0.15) is 0 Å². The summed E-state index contributed by atoms with van der Waals surface area (Å²) < 4.78 is 6.02. The van der Waals surface area contributed by atoms with Crippen LogP contribution in [-0.4, -0.2) is 23.4 Å². The molecule has 0 saturated carbocycles. The molecule has 0 spiro atoms. The van der Waals surface area contributed by atoms with E-state index in [4.69, 9.17) is 4.74 Å². The monoisotopic (exact) mass is 240 g/mol. The van der Waals surface area contributed by atoms with Crippen molar-refractivity contribution in [3.63, 3.8) is 0 Å². The molecule has 1 atom stereocenters. The molecule has 1 unspecified atom stereocenters. The highest BCUT2D eigenvalue weighted by molar-refractivity contribution is 14.1. The van der Waals surface area contributed by atoms with Crippen molar-refractivity contribution in [3.05, 3.63) is 0 Å². The number of ketones is 1. The van der Waals surface area contributed by atoms with Crippen LogP contribution in [-0.2, 0) is 9.53 Å². The van der Waals surface area contributed by atoms with Gasteiger partial charge in [0.1, 0.15) is 6.61 Å². The quantitative estimate of drug-likeness (QED) is 0.532. The molecule has 1 heterocycles. The fraction of sp³-hybridized carbons (Fsp3) is 0.833. The van der Waals surface area contributed by atoms with Gasteiger partial charge in [0.15, 0.2) is 5.78 Å². The molecule has 0 aromatic rings. The van der Waals surface area contributed by atoms with Gasteiger partial charge < -0.3 is 4.74 Å². The molecule has 0 N–H and O–H groups in total. The van der Waals surface area contributed by atoms with Crippen molar-refractivity contribution >= 4 is 28.4 Å². The molecule has 1 rings (SSSR count). The van der Waals surface area contributed by atoms with Crippen LogP contribution in [0.3, 0.4) is 0 Å². The molecule has 1 aliphatic rings. The van der Waals surface area contributed by atoms with Crippen LogP contribution in [0.15, 0.2) is 0 Å². The van der Waals surface area contributed by atoms with Gasteiger partial charge in [0.25, 0.3) is 0 Å². The maximum Gasteiger partial charge on any atom is 0.163 e. The van der Waals surface area contributed by atoms with Crippen LogP contribution >= 0.6 is 22.6 Å². The van der Waals surface area contributed by atoms with E-state index in [1.807, 2.05) is 0 Å². The number of carbonyl (C=O) groups excluding carboxylic acids is 1. The second-order valence-electron chi connectivity index (χ2n) is 2.16. The third kappa shape index (κ3) is 1.89. The third-order valence-electron chi connectivity index (χ3n) is 1.48. The maximum atomic E-state index is 10.8. The Bertz CT molecular complexity index is 114. The van der Waals surface area contributed by atoms with Crippen molar-refractivity contribution in [2.45, 2.75) is 6.42 Å². The van der Waals surface area contributed by atoms with E-state index in [1.165, 1.54) is 0 Å². The summed E-state index contributed by atoms with van der Waals surface area (Å²) in [5.41, 5.74) is 0. The van der Waals surface area contributed by atoms with Crippen molar-refractivity contribution < 1.29 is 9.53 Å². The average molecular weight is 240 g/mol. The maximum absolute atomic E-state index is 10.8. The second-order valence-corrected chi connectivity index (χ2v) is 3.23. The van der Waals surface area contributed by atoms with Crippen molar-refractivity contribution in [1.29, 1.82) is 0 Å². The summed E-state index contributed by atoms with van der Waals surface area (Å²) in [6.07, 6.45) is 0.986. The minimum absolute atomic E-state index is 0.210. The molecule has 0 bridgehead atoms. The van der Waals surface area contributed by atoms with Crippen LogP contribution in [0.5, 0.6) is 0 Å². The summed E-state index contributed by atoms with van der Waals surface area (Å²) in [6, 6.07) is 0. The van der Waals surface area contributed by atoms with Crippen molar-refractivity contribution in [1.82, 2.24) is 0 Å². The summed E-state index contributed by atoms with van der Waals surface area (Å²) in [6.45, 7) is 1.00. The van der Waals surface area contributed by atoms with Gasteiger partial charge in [0.05, 0.1) is 6.61 Å². The van der Waals surface area contributed by atoms with E-state index in [0.717, 1.165) is 10.8 Å². The van der Waals surface area contributed by atoms with E-state index in [0.29, 0.717) is 13.2 Å². The van der Waals surface area contributed by atoms with Gasteiger partial charge in [-0.1, -0.05) is 22.6 Å². The molecule has 0 aliphatic carbocycles. The van der Waals surface area contributed by atoms with Crippen LogP contribution in [0.25, 0.3) is 0 Å². The number of halogens is 1. The summed E-state index contributed by atoms with van der Waals surface area (Å²) in [7, 11) is 0. The summed E-state index contributed by atoms with van der Waals surface area (Å²) >= 11 is 2.28. The lowest BCUT2D eigenvalue weighted by atomic mass is 10.1. The number of rotatable bonds is 2. The Morgan fingerprint density at radius 1 is 1.78 bits per heavy atom. The average Bonchev–Trinajstić information content (AvgIpc) is 2.18. The zero-order chi connectivity index (χ0) is 6.69. The minimum Gasteiger partial charge on any atom is -0.373 e. The lowest BCUT2D eigenvalue weighted by Gasteiger charge is -1.99. The van der Waals surface area contributed by atoms with Crippen LogP contribution in [0.2, 0.25) is 0 Å². The summed E-state index contributed by atoms with van der Waals surface area (Å²) in [5.74, 6) is 0.494. The molecule has 1 aliphatic heterocycles. The van der Waals surface area contributed by atoms with Crippen molar-refractivity contribution in [2.24, 2.45) is 5.92 Å². The lowest BCUT2D eigenvalue weighted by molar-refractivity contribution is -0.120. The first-order chi connectivity index (χ1) is 4.34. The molecular weight excluding hydrogens is 231 g/mol. The smallest absolute Gasteiger partial charge is 0.163 e. The molecular formula is C6H9IO2. The number of hydrogen-bond donors (Lipinski definition) is 0. The van der Waals surface area contributed by atoms with Crippen LogP contribution < -0.4 is 0 Å². The molecule has 0 aromatic heterocycles. The molecule has 2 nitrogen and oxygen atoms in total. The van der Waals surface area contributed by atoms with E-state index in [2.05, 4.69) is 22.6 Å². The Morgan fingerprint density at radius 2 is 2.56 bits per heavy atom.